The molecule has 3 rings (SSSR count). The molecular formula is C23H26N2O4. The van der Waals surface area contributed by atoms with Gasteiger partial charge in [-0.25, -0.2) is 0 Å². The van der Waals surface area contributed by atoms with Crippen LogP contribution in [0.3, 0.4) is 0 Å². The van der Waals surface area contributed by atoms with Gasteiger partial charge in [0.15, 0.2) is 6.61 Å². The number of benzene rings is 2. The summed E-state index contributed by atoms with van der Waals surface area (Å²) in [5.41, 5.74) is 3.91. The van der Waals surface area contributed by atoms with E-state index < -0.39 is 11.9 Å². The summed E-state index contributed by atoms with van der Waals surface area (Å²) in [7, 11) is 0. The fourth-order valence-electron chi connectivity index (χ4n) is 3.39. The molecule has 1 aliphatic heterocycles. The van der Waals surface area contributed by atoms with Crippen molar-refractivity contribution in [3.63, 3.8) is 0 Å². The SMILES string of the molecule is CCc1ccccc1NC(=O)COC(=O)C1CC(=O)N(Cc2ccc(C)cc2)C1. The third kappa shape index (κ3) is 5.44. The summed E-state index contributed by atoms with van der Waals surface area (Å²) in [5, 5.41) is 2.77. The minimum atomic E-state index is -0.538. The molecule has 152 valence electrons. The van der Waals surface area contributed by atoms with Crippen molar-refractivity contribution in [2.45, 2.75) is 33.2 Å². The van der Waals surface area contributed by atoms with Crippen molar-refractivity contribution in [3.05, 3.63) is 65.2 Å². The molecule has 0 saturated carbocycles. The molecular weight excluding hydrogens is 368 g/mol. The standard InChI is InChI=1S/C23H26N2O4/c1-3-18-6-4-5-7-20(18)24-21(26)15-29-23(28)19-12-22(27)25(14-19)13-17-10-8-16(2)9-11-17/h4-11,19H,3,12-15H2,1-2H3,(H,24,26). The van der Waals surface area contributed by atoms with Crippen molar-refractivity contribution in [2.24, 2.45) is 5.92 Å². The van der Waals surface area contributed by atoms with Crippen LogP contribution in [0.25, 0.3) is 0 Å². The van der Waals surface area contributed by atoms with Gasteiger partial charge in [0.1, 0.15) is 0 Å². The van der Waals surface area contributed by atoms with E-state index in [4.69, 9.17) is 4.74 Å². The number of likely N-dealkylation sites (tertiary alicyclic amines) is 1. The van der Waals surface area contributed by atoms with Gasteiger partial charge in [-0.1, -0.05) is 55.0 Å². The maximum absolute atomic E-state index is 12.3. The van der Waals surface area contributed by atoms with E-state index in [0.717, 1.165) is 28.8 Å². The maximum atomic E-state index is 12.3. The molecule has 0 aromatic heterocycles. The van der Waals surface area contributed by atoms with E-state index in [2.05, 4.69) is 5.32 Å². The van der Waals surface area contributed by atoms with Crippen molar-refractivity contribution in [1.82, 2.24) is 4.90 Å². The van der Waals surface area contributed by atoms with Gasteiger partial charge in [0, 0.05) is 25.2 Å². The predicted molar refractivity (Wildman–Crippen MR) is 110 cm³/mol. The number of anilines is 1. The van der Waals surface area contributed by atoms with E-state index in [1.807, 2.05) is 62.4 Å². The number of para-hydroxylation sites is 1. The Morgan fingerprint density at radius 2 is 1.86 bits per heavy atom. The van der Waals surface area contributed by atoms with Crippen LogP contribution in [0, 0.1) is 12.8 Å². The summed E-state index contributed by atoms with van der Waals surface area (Å²) >= 11 is 0. The third-order valence-corrected chi connectivity index (χ3v) is 5.06. The Labute approximate surface area is 170 Å². The number of hydrogen-bond acceptors (Lipinski definition) is 4. The molecule has 2 aromatic rings. The summed E-state index contributed by atoms with van der Waals surface area (Å²) in [4.78, 5) is 38.4. The van der Waals surface area contributed by atoms with Crippen LogP contribution >= 0.6 is 0 Å². The summed E-state index contributed by atoms with van der Waals surface area (Å²) < 4.78 is 5.17. The number of rotatable bonds is 7. The highest BCUT2D eigenvalue weighted by atomic mass is 16.5. The van der Waals surface area contributed by atoms with Crippen LogP contribution in [0.15, 0.2) is 48.5 Å². The molecule has 1 fully saturated rings. The Bertz CT molecular complexity index is 892. The average molecular weight is 394 g/mol. The van der Waals surface area contributed by atoms with E-state index in [1.54, 1.807) is 4.90 Å². The van der Waals surface area contributed by atoms with E-state index in [9.17, 15) is 14.4 Å². The van der Waals surface area contributed by atoms with Gasteiger partial charge >= 0.3 is 5.97 Å². The summed E-state index contributed by atoms with van der Waals surface area (Å²) in [5.74, 6) is -1.51. The Morgan fingerprint density at radius 1 is 1.14 bits per heavy atom. The zero-order valence-corrected chi connectivity index (χ0v) is 16.8. The van der Waals surface area contributed by atoms with E-state index in [-0.39, 0.29) is 24.8 Å². The third-order valence-electron chi connectivity index (χ3n) is 5.06. The Morgan fingerprint density at radius 3 is 2.59 bits per heavy atom. The molecule has 6 heteroatoms. The molecule has 1 unspecified atom stereocenters. The molecule has 0 bridgehead atoms. The van der Waals surface area contributed by atoms with Crippen molar-refractivity contribution < 1.29 is 19.1 Å². The zero-order chi connectivity index (χ0) is 20.8. The lowest BCUT2D eigenvalue weighted by atomic mass is 10.1. The quantitative estimate of drug-likeness (QED) is 0.733. The first-order valence-electron chi connectivity index (χ1n) is 9.84. The molecule has 6 nitrogen and oxygen atoms in total. The minimum Gasteiger partial charge on any atom is -0.455 e. The fourth-order valence-corrected chi connectivity index (χ4v) is 3.39. The second kappa shape index (κ2) is 9.37. The number of esters is 1. The summed E-state index contributed by atoms with van der Waals surface area (Å²) in [6.07, 6.45) is 0.905. The van der Waals surface area contributed by atoms with Gasteiger partial charge in [0.05, 0.1) is 5.92 Å². The van der Waals surface area contributed by atoms with Crippen LogP contribution in [-0.2, 0) is 32.1 Å². The smallest absolute Gasteiger partial charge is 0.311 e. The molecule has 1 heterocycles. The van der Waals surface area contributed by atoms with Crippen molar-refractivity contribution in [2.75, 3.05) is 18.5 Å². The lowest BCUT2D eigenvalue weighted by Gasteiger charge is -2.16. The van der Waals surface area contributed by atoms with Gasteiger partial charge in [-0.15, -0.1) is 0 Å². The molecule has 1 saturated heterocycles. The van der Waals surface area contributed by atoms with E-state index in [0.29, 0.717) is 13.1 Å². The van der Waals surface area contributed by atoms with Crippen molar-refractivity contribution in [3.8, 4) is 0 Å². The number of carbonyl (C=O) groups is 3. The number of hydrogen-bond donors (Lipinski definition) is 1. The van der Waals surface area contributed by atoms with Crippen LogP contribution in [0.2, 0.25) is 0 Å². The largest absolute Gasteiger partial charge is 0.455 e. The zero-order valence-electron chi connectivity index (χ0n) is 16.8. The van der Waals surface area contributed by atoms with E-state index >= 15 is 0 Å². The van der Waals surface area contributed by atoms with Crippen LogP contribution in [0.5, 0.6) is 0 Å². The molecule has 1 atom stereocenters. The summed E-state index contributed by atoms with van der Waals surface area (Å²) in [6, 6.07) is 15.5. The lowest BCUT2D eigenvalue weighted by molar-refractivity contribution is -0.151. The summed E-state index contributed by atoms with van der Waals surface area (Å²) in [6.45, 7) is 4.43. The van der Waals surface area contributed by atoms with Crippen LogP contribution in [-0.4, -0.2) is 35.8 Å². The number of aryl methyl sites for hydroxylation is 2. The highest BCUT2D eigenvalue weighted by molar-refractivity contribution is 5.94. The molecule has 0 aliphatic carbocycles. The molecule has 29 heavy (non-hydrogen) atoms. The van der Waals surface area contributed by atoms with Gasteiger partial charge in [0.25, 0.3) is 5.91 Å². The van der Waals surface area contributed by atoms with Gasteiger partial charge in [-0.2, -0.15) is 0 Å². The monoisotopic (exact) mass is 394 g/mol. The highest BCUT2D eigenvalue weighted by Gasteiger charge is 2.35. The first-order valence-corrected chi connectivity index (χ1v) is 9.84. The van der Waals surface area contributed by atoms with Gasteiger partial charge < -0.3 is 15.0 Å². The highest BCUT2D eigenvalue weighted by Crippen LogP contribution is 2.22. The Kier molecular flexibility index (Phi) is 6.65. The number of nitrogens with one attached hydrogen (secondary N) is 1. The Balaban J connectivity index is 1.48. The fraction of sp³-hybridized carbons (Fsp3) is 0.348. The average Bonchev–Trinajstić information content (AvgIpc) is 3.08. The molecule has 0 radical (unpaired) electrons. The topological polar surface area (TPSA) is 75.7 Å². The van der Waals surface area contributed by atoms with Gasteiger partial charge in [-0.3, -0.25) is 14.4 Å². The van der Waals surface area contributed by atoms with Crippen LogP contribution in [0.1, 0.15) is 30.0 Å². The molecule has 2 amide bonds. The van der Waals surface area contributed by atoms with Gasteiger partial charge in [0.2, 0.25) is 5.91 Å². The van der Waals surface area contributed by atoms with E-state index in [1.165, 1.54) is 0 Å². The number of ether oxygens (including phenoxy) is 1. The molecule has 1 aliphatic rings. The van der Waals surface area contributed by atoms with Crippen LogP contribution in [0.4, 0.5) is 5.69 Å². The first-order chi connectivity index (χ1) is 14.0. The first kappa shape index (κ1) is 20.6. The van der Waals surface area contributed by atoms with Crippen molar-refractivity contribution in [1.29, 1.82) is 0 Å². The normalized spacial score (nSPS) is 16.0. The number of nitrogens with zero attached hydrogens (tertiary/aromatic N) is 1. The van der Waals surface area contributed by atoms with Crippen LogP contribution < -0.4 is 5.32 Å². The molecule has 2 aromatic carbocycles. The lowest BCUT2D eigenvalue weighted by Crippen LogP contribution is -2.28. The molecule has 1 N–H and O–H groups in total. The maximum Gasteiger partial charge on any atom is 0.311 e. The predicted octanol–water partition coefficient (Wildman–Crippen LogP) is 3.09. The van der Waals surface area contributed by atoms with Gasteiger partial charge in [-0.05, 0) is 30.5 Å². The molecule has 0 spiro atoms. The second-order valence-electron chi connectivity index (χ2n) is 7.33. The number of amides is 2. The van der Waals surface area contributed by atoms with Crippen molar-refractivity contribution >= 4 is 23.5 Å². The Hall–Kier alpha value is -3.15. The second-order valence-corrected chi connectivity index (χ2v) is 7.33. The number of carbonyl (C=O) groups excluding carboxylic acids is 3. The minimum absolute atomic E-state index is 0.0751.